The van der Waals surface area contributed by atoms with Crippen LogP contribution in [0.5, 0.6) is 0 Å². The van der Waals surface area contributed by atoms with Gasteiger partial charge in [-0.15, -0.1) is 5.10 Å². The maximum absolute atomic E-state index is 4.79. The highest BCUT2D eigenvalue weighted by Crippen LogP contribution is 2.33. The molecule has 5 rings (SSSR count). The Morgan fingerprint density at radius 3 is 2.97 bits per heavy atom. The Bertz CT molecular complexity index is 1070. The predicted molar refractivity (Wildman–Crippen MR) is 133 cm³/mol. The summed E-state index contributed by atoms with van der Waals surface area (Å²) in [7, 11) is 0. The molecule has 176 valence electrons. The first-order valence-corrected chi connectivity index (χ1v) is 12.0. The third kappa shape index (κ3) is 5.39. The minimum Gasteiger partial charge on any atom is -0.356 e. The van der Waals surface area contributed by atoms with Crippen LogP contribution in [0.1, 0.15) is 51.5 Å². The lowest BCUT2D eigenvalue weighted by Crippen LogP contribution is -2.35. The normalized spacial score (nSPS) is 17.5. The number of aryl methyl sites for hydroxylation is 1. The molecule has 0 saturated heterocycles. The molecule has 0 radical (unpaired) electrons. The SMILES string of the molecule is [HH].[HH].c1ccc(-n2cc(CN(CCCCNC3=NCCN3)C3CCCc4cccnc43)nn2)cc1. The molecule has 3 heterocycles. The third-order valence-corrected chi connectivity index (χ3v) is 6.37. The van der Waals surface area contributed by atoms with Gasteiger partial charge in [-0.25, -0.2) is 4.68 Å². The van der Waals surface area contributed by atoms with E-state index in [2.05, 4.69) is 49.2 Å². The van der Waals surface area contributed by atoms with Crippen LogP contribution in [0.3, 0.4) is 0 Å². The van der Waals surface area contributed by atoms with Crippen molar-refractivity contribution >= 4 is 5.96 Å². The Kier molecular flexibility index (Phi) is 6.91. The van der Waals surface area contributed by atoms with E-state index < -0.39 is 0 Å². The van der Waals surface area contributed by atoms with Crippen LogP contribution in [0.4, 0.5) is 0 Å². The molecule has 1 aromatic carbocycles. The number of hydrogen-bond acceptors (Lipinski definition) is 7. The van der Waals surface area contributed by atoms with Gasteiger partial charge in [-0.3, -0.25) is 14.9 Å². The molecule has 0 amide bonds. The van der Waals surface area contributed by atoms with E-state index in [1.165, 1.54) is 17.7 Å². The van der Waals surface area contributed by atoms with Gasteiger partial charge in [0.15, 0.2) is 5.96 Å². The molecule has 0 spiro atoms. The average molecular weight is 449 g/mol. The van der Waals surface area contributed by atoms with Crippen molar-refractivity contribution in [2.45, 2.75) is 44.7 Å². The standard InChI is InChI=1S/C25H32N8.2H2/c1-2-10-22(11-3-1)33-19-21(30-31-33)18-32(17-5-4-13-27-25-28-15-16-29-25)23-12-6-8-20-9-7-14-26-24(20)23;;/h1-3,7,9-11,14,19,23H,4-6,8,12-13,15-18H2,(H2,27,28,29);2*1H. The first-order valence-electron chi connectivity index (χ1n) is 12.0. The van der Waals surface area contributed by atoms with E-state index >= 15 is 0 Å². The van der Waals surface area contributed by atoms with Gasteiger partial charge in [0.2, 0.25) is 0 Å². The minimum absolute atomic E-state index is 0. The van der Waals surface area contributed by atoms with Crippen LogP contribution in [-0.2, 0) is 13.0 Å². The van der Waals surface area contributed by atoms with E-state index in [4.69, 9.17) is 4.98 Å². The van der Waals surface area contributed by atoms with Crippen molar-refractivity contribution in [3.63, 3.8) is 0 Å². The lowest BCUT2D eigenvalue weighted by Gasteiger charge is -2.34. The summed E-state index contributed by atoms with van der Waals surface area (Å²) < 4.78 is 1.86. The number of guanidine groups is 1. The second-order valence-electron chi connectivity index (χ2n) is 8.71. The maximum Gasteiger partial charge on any atom is 0.191 e. The predicted octanol–water partition coefficient (Wildman–Crippen LogP) is 3.36. The molecule has 1 unspecified atom stereocenters. The van der Waals surface area contributed by atoms with Crippen molar-refractivity contribution in [3.8, 4) is 5.69 Å². The largest absolute Gasteiger partial charge is 0.356 e. The Labute approximate surface area is 198 Å². The third-order valence-electron chi connectivity index (χ3n) is 6.37. The van der Waals surface area contributed by atoms with E-state index in [1.54, 1.807) is 0 Å². The monoisotopic (exact) mass is 448 g/mol. The van der Waals surface area contributed by atoms with Gasteiger partial charge in [0.25, 0.3) is 0 Å². The van der Waals surface area contributed by atoms with Gasteiger partial charge in [0, 0.05) is 28.7 Å². The number of pyridine rings is 1. The summed E-state index contributed by atoms with van der Waals surface area (Å²) in [6, 6.07) is 14.8. The highest BCUT2D eigenvalue weighted by molar-refractivity contribution is 5.81. The summed E-state index contributed by atoms with van der Waals surface area (Å²) in [6.07, 6.45) is 9.63. The lowest BCUT2D eigenvalue weighted by atomic mass is 9.90. The molecule has 8 heteroatoms. The quantitative estimate of drug-likeness (QED) is 0.489. The topological polar surface area (TPSA) is 83.3 Å². The molecule has 0 bridgehead atoms. The molecular weight excluding hydrogens is 412 g/mol. The van der Waals surface area contributed by atoms with E-state index in [1.807, 2.05) is 41.2 Å². The summed E-state index contributed by atoms with van der Waals surface area (Å²) in [6.45, 7) is 4.51. The van der Waals surface area contributed by atoms with Crippen LogP contribution >= 0.6 is 0 Å². The summed E-state index contributed by atoms with van der Waals surface area (Å²) in [4.78, 5) is 11.8. The van der Waals surface area contributed by atoms with Gasteiger partial charge < -0.3 is 10.6 Å². The fourth-order valence-electron chi connectivity index (χ4n) is 4.73. The number of fused-ring (bicyclic) bond motifs is 1. The van der Waals surface area contributed by atoms with Crippen molar-refractivity contribution in [3.05, 3.63) is 71.8 Å². The van der Waals surface area contributed by atoms with Crippen LogP contribution in [-0.4, -0.2) is 57.0 Å². The van der Waals surface area contributed by atoms with Gasteiger partial charge >= 0.3 is 0 Å². The number of benzene rings is 1. The zero-order valence-electron chi connectivity index (χ0n) is 19.0. The molecule has 1 atom stereocenters. The molecule has 2 aliphatic rings. The first kappa shape index (κ1) is 21.6. The molecule has 33 heavy (non-hydrogen) atoms. The van der Waals surface area contributed by atoms with E-state index in [0.29, 0.717) is 6.04 Å². The summed E-state index contributed by atoms with van der Waals surface area (Å²) in [5, 5.41) is 15.5. The van der Waals surface area contributed by atoms with Gasteiger partial charge in [-0.05, 0) is 62.4 Å². The van der Waals surface area contributed by atoms with Gasteiger partial charge in [-0.2, -0.15) is 0 Å². The van der Waals surface area contributed by atoms with Gasteiger partial charge in [-0.1, -0.05) is 29.5 Å². The Morgan fingerprint density at radius 2 is 2.09 bits per heavy atom. The van der Waals surface area contributed by atoms with Crippen LogP contribution in [0.25, 0.3) is 5.69 Å². The van der Waals surface area contributed by atoms with Crippen molar-refractivity contribution in [1.82, 2.24) is 35.5 Å². The average Bonchev–Trinajstić information content (AvgIpc) is 3.56. The van der Waals surface area contributed by atoms with E-state index in [9.17, 15) is 0 Å². The highest BCUT2D eigenvalue weighted by Gasteiger charge is 2.27. The lowest BCUT2D eigenvalue weighted by molar-refractivity contribution is 0.161. The maximum atomic E-state index is 4.79. The number of nitrogens with zero attached hydrogens (tertiary/aromatic N) is 6. The first-order chi connectivity index (χ1) is 16.4. The highest BCUT2D eigenvalue weighted by atomic mass is 15.4. The number of aromatic nitrogens is 4. The number of hydrogen-bond donors (Lipinski definition) is 2. The van der Waals surface area contributed by atoms with Crippen molar-refractivity contribution in [2.75, 3.05) is 26.2 Å². The summed E-state index contributed by atoms with van der Waals surface area (Å²) >= 11 is 0. The minimum atomic E-state index is 0. The zero-order valence-corrected chi connectivity index (χ0v) is 19.0. The Hall–Kier alpha value is -3.26. The molecular formula is C25H36N8. The summed E-state index contributed by atoms with van der Waals surface area (Å²) in [5.74, 6) is 0.940. The van der Waals surface area contributed by atoms with Crippen LogP contribution in [0.15, 0.2) is 59.9 Å². The summed E-state index contributed by atoms with van der Waals surface area (Å²) in [5.41, 5.74) is 4.65. The molecule has 3 aromatic rings. The number of rotatable bonds is 9. The molecule has 1 aliphatic carbocycles. The molecule has 2 N–H and O–H groups in total. The zero-order chi connectivity index (χ0) is 22.3. The van der Waals surface area contributed by atoms with E-state index in [-0.39, 0.29) is 2.85 Å². The Balaban J connectivity index is 0.00000171. The number of unbranched alkanes of at least 4 members (excludes halogenated alkanes) is 1. The van der Waals surface area contributed by atoms with Crippen LogP contribution < -0.4 is 10.6 Å². The van der Waals surface area contributed by atoms with Crippen molar-refractivity contribution < 1.29 is 2.85 Å². The van der Waals surface area contributed by atoms with Crippen molar-refractivity contribution in [1.29, 1.82) is 0 Å². The van der Waals surface area contributed by atoms with Gasteiger partial charge in [0.05, 0.1) is 35.9 Å². The molecule has 8 nitrogen and oxygen atoms in total. The molecule has 1 aliphatic heterocycles. The molecule has 0 saturated carbocycles. The molecule has 2 aromatic heterocycles. The second-order valence-corrected chi connectivity index (χ2v) is 8.71. The number of nitrogens with one attached hydrogen (secondary N) is 2. The number of para-hydroxylation sites is 1. The van der Waals surface area contributed by atoms with Crippen LogP contribution in [0.2, 0.25) is 0 Å². The van der Waals surface area contributed by atoms with E-state index in [0.717, 1.165) is 75.7 Å². The fourth-order valence-corrected chi connectivity index (χ4v) is 4.73. The van der Waals surface area contributed by atoms with Crippen LogP contribution in [0, 0.1) is 0 Å². The molecule has 0 fully saturated rings. The smallest absolute Gasteiger partial charge is 0.191 e. The number of aliphatic imine (C=N–C) groups is 1. The Morgan fingerprint density at radius 1 is 1.15 bits per heavy atom. The second kappa shape index (κ2) is 10.6. The van der Waals surface area contributed by atoms with Gasteiger partial charge in [0.1, 0.15) is 0 Å². The fraction of sp³-hybridized carbons (Fsp3) is 0.440. The van der Waals surface area contributed by atoms with Crippen molar-refractivity contribution in [2.24, 2.45) is 4.99 Å².